The third-order valence-corrected chi connectivity index (χ3v) is 4.24. The average Bonchev–Trinajstić information content (AvgIpc) is 3.44. The molecule has 7 heteroatoms. The summed E-state index contributed by atoms with van der Waals surface area (Å²) in [6, 6.07) is 3.78. The molecule has 22 heavy (non-hydrogen) atoms. The van der Waals surface area contributed by atoms with E-state index in [0.717, 1.165) is 11.6 Å². The van der Waals surface area contributed by atoms with Gasteiger partial charge >= 0.3 is 0 Å². The molecule has 2 saturated carbocycles. The van der Waals surface area contributed by atoms with E-state index in [1.807, 2.05) is 0 Å². The zero-order valence-electron chi connectivity index (χ0n) is 12.0. The summed E-state index contributed by atoms with van der Waals surface area (Å²) in [6.45, 7) is 0.374. The number of aromatic nitrogens is 4. The van der Waals surface area contributed by atoms with Crippen LogP contribution in [-0.2, 0) is 6.54 Å². The van der Waals surface area contributed by atoms with E-state index in [2.05, 4.69) is 25.1 Å². The van der Waals surface area contributed by atoms with E-state index >= 15 is 0 Å². The van der Waals surface area contributed by atoms with Gasteiger partial charge < -0.3 is 9.88 Å². The van der Waals surface area contributed by atoms with E-state index < -0.39 is 0 Å². The molecule has 2 aromatic heterocycles. The van der Waals surface area contributed by atoms with Crippen molar-refractivity contribution in [3.63, 3.8) is 0 Å². The topological polar surface area (TPSA) is 72.7 Å². The quantitative estimate of drug-likeness (QED) is 0.919. The molecule has 0 unspecified atom stereocenters. The fourth-order valence-electron chi connectivity index (χ4n) is 2.57. The number of carbonyl (C=O) groups is 1. The van der Waals surface area contributed by atoms with Crippen LogP contribution in [0.15, 0.2) is 18.3 Å². The smallest absolute Gasteiger partial charge is 0.270 e. The van der Waals surface area contributed by atoms with Gasteiger partial charge in [0.15, 0.2) is 5.82 Å². The first-order valence-corrected chi connectivity index (χ1v) is 7.93. The molecule has 2 aliphatic rings. The first-order chi connectivity index (χ1) is 10.7. The molecular formula is C15H16ClN5O. The van der Waals surface area contributed by atoms with Crippen molar-refractivity contribution in [2.75, 3.05) is 0 Å². The molecule has 4 rings (SSSR count). The van der Waals surface area contributed by atoms with Gasteiger partial charge in [0.2, 0.25) is 0 Å². The summed E-state index contributed by atoms with van der Waals surface area (Å²) >= 11 is 5.77. The maximum absolute atomic E-state index is 12.1. The fourth-order valence-corrected chi connectivity index (χ4v) is 2.68. The van der Waals surface area contributed by atoms with Gasteiger partial charge in [0.05, 0.1) is 11.6 Å². The lowest BCUT2D eigenvalue weighted by Crippen LogP contribution is -2.25. The number of nitrogens with one attached hydrogen (secondary N) is 1. The standard InChI is InChI=1S/C15H16ClN5O/c16-10-3-6-12(17-7-10)15(22)18-8-13-19-20-14(9-1-2-9)21(13)11-4-5-11/h3,6-7,9,11H,1-2,4-5,8H2,(H,18,22). The summed E-state index contributed by atoms with van der Waals surface area (Å²) in [5, 5.41) is 12.0. The van der Waals surface area contributed by atoms with E-state index in [1.165, 1.54) is 31.9 Å². The lowest BCUT2D eigenvalue weighted by atomic mass is 10.3. The first-order valence-electron chi connectivity index (χ1n) is 7.56. The normalized spacial score (nSPS) is 17.5. The van der Waals surface area contributed by atoms with E-state index in [9.17, 15) is 4.79 Å². The Bertz CT molecular complexity index is 703. The molecule has 0 atom stereocenters. The number of rotatable bonds is 5. The number of nitrogens with zero attached hydrogens (tertiary/aromatic N) is 4. The second-order valence-corrected chi connectivity index (χ2v) is 6.33. The molecule has 6 nitrogen and oxygen atoms in total. The van der Waals surface area contributed by atoms with Gasteiger partial charge in [-0.15, -0.1) is 10.2 Å². The largest absolute Gasteiger partial charge is 0.343 e. The van der Waals surface area contributed by atoms with Gasteiger partial charge in [0.1, 0.15) is 11.5 Å². The van der Waals surface area contributed by atoms with Gasteiger partial charge in [-0.1, -0.05) is 11.6 Å². The van der Waals surface area contributed by atoms with E-state index in [1.54, 1.807) is 12.1 Å². The summed E-state index contributed by atoms with van der Waals surface area (Å²) in [7, 11) is 0. The molecular weight excluding hydrogens is 302 g/mol. The molecule has 2 aliphatic carbocycles. The van der Waals surface area contributed by atoms with Crippen LogP contribution in [0.25, 0.3) is 0 Å². The fraction of sp³-hybridized carbons (Fsp3) is 0.467. The van der Waals surface area contributed by atoms with Crippen molar-refractivity contribution in [1.29, 1.82) is 0 Å². The van der Waals surface area contributed by atoms with Crippen molar-refractivity contribution in [3.8, 4) is 0 Å². The maximum atomic E-state index is 12.1. The van der Waals surface area contributed by atoms with E-state index in [4.69, 9.17) is 11.6 Å². The van der Waals surface area contributed by atoms with Crippen molar-refractivity contribution in [2.24, 2.45) is 0 Å². The van der Waals surface area contributed by atoms with Gasteiger partial charge in [0, 0.05) is 18.2 Å². The summed E-state index contributed by atoms with van der Waals surface area (Å²) in [6.07, 6.45) is 6.22. The van der Waals surface area contributed by atoms with Crippen LogP contribution >= 0.6 is 11.6 Å². The molecule has 1 amide bonds. The Morgan fingerprint density at radius 3 is 2.73 bits per heavy atom. The number of hydrogen-bond donors (Lipinski definition) is 1. The molecule has 0 saturated heterocycles. The highest BCUT2D eigenvalue weighted by Crippen LogP contribution is 2.44. The predicted molar refractivity (Wildman–Crippen MR) is 80.7 cm³/mol. The molecule has 2 heterocycles. The van der Waals surface area contributed by atoms with E-state index in [0.29, 0.717) is 29.2 Å². The monoisotopic (exact) mass is 317 g/mol. The van der Waals surface area contributed by atoms with Gasteiger partial charge in [-0.2, -0.15) is 0 Å². The highest BCUT2D eigenvalue weighted by atomic mass is 35.5. The van der Waals surface area contributed by atoms with Crippen LogP contribution in [-0.4, -0.2) is 25.7 Å². The number of halogens is 1. The van der Waals surface area contributed by atoms with Crippen LogP contribution in [0.5, 0.6) is 0 Å². The van der Waals surface area contributed by atoms with Gasteiger partial charge in [-0.3, -0.25) is 4.79 Å². The Kier molecular flexibility index (Phi) is 3.33. The highest BCUT2D eigenvalue weighted by Gasteiger charge is 2.36. The van der Waals surface area contributed by atoms with Crippen molar-refractivity contribution < 1.29 is 4.79 Å². The Morgan fingerprint density at radius 2 is 2.09 bits per heavy atom. The third-order valence-electron chi connectivity index (χ3n) is 4.01. The van der Waals surface area contributed by atoms with E-state index in [-0.39, 0.29) is 5.91 Å². The molecule has 2 aromatic rings. The molecule has 0 bridgehead atoms. The van der Waals surface area contributed by atoms with Crippen LogP contribution in [0.3, 0.4) is 0 Å². The van der Waals surface area contributed by atoms with Crippen molar-refractivity contribution in [2.45, 2.75) is 44.2 Å². The second kappa shape index (κ2) is 5.35. The zero-order chi connectivity index (χ0) is 15.1. The molecule has 0 aliphatic heterocycles. The molecule has 0 radical (unpaired) electrons. The minimum atomic E-state index is -0.227. The Labute approximate surface area is 132 Å². The molecule has 114 valence electrons. The second-order valence-electron chi connectivity index (χ2n) is 5.89. The number of hydrogen-bond acceptors (Lipinski definition) is 4. The lowest BCUT2D eigenvalue weighted by Gasteiger charge is -2.09. The Morgan fingerprint density at radius 1 is 1.27 bits per heavy atom. The van der Waals surface area contributed by atoms with Crippen LogP contribution < -0.4 is 5.32 Å². The van der Waals surface area contributed by atoms with Crippen molar-refractivity contribution in [3.05, 3.63) is 40.7 Å². The molecule has 0 aromatic carbocycles. The molecule has 1 N–H and O–H groups in total. The minimum absolute atomic E-state index is 0.227. The maximum Gasteiger partial charge on any atom is 0.270 e. The van der Waals surface area contributed by atoms with Gasteiger partial charge in [-0.25, -0.2) is 4.98 Å². The van der Waals surface area contributed by atoms with Crippen molar-refractivity contribution in [1.82, 2.24) is 25.1 Å². The number of amides is 1. The summed E-state index contributed by atoms with van der Waals surface area (Å²) in [5.74, 6) is 2.27. The third kappa shape index (κ3) is 2.70. The average molecular weight is 318 g/mol. The number of pyridine rings is 1. The summed E-state index contributed by atoms with van der Waals surface area (Å²) < 4.78 is 2.23. The number of carbonyl (C=O) groups excluding carboxylic acids is 1. The first kappa shape index (κ1) is 13.7. The zero-order valence-corrected chi connectivity index (χ0v) is 12.8. The van der Waals surface area contributed by atoms with Crippen LogP contribution in [0.2, 0.25) is 5.02 Å². The lowest BCUT2D eigenvalue weighted by molar-refractivity contribution is 0.0944. The Hall–Kier alpha value is -1.95. The summed E-state index contributed by atoms with van der Waals surface area (Å²) in [5.41, 5.74) is 0.351. The summed E-state index contributed by atoms with van der Waals surface area (Å²) in [4.78, 5) is 16.1. The van der Waals surface area contributed by atoms with Crippen molar-refractivity contribution >= 4 is 17.5 Å². The Balaban J connectivity index is 1.47. The predicted octanol–water partition coefficient (Wildman–Crippen LogP) is 2.47. The van der Waals surface area contributed by atoms with Gasteiger partial charge in [0.25, 0.3) is 5.91 Å². The van der Waals surface area contributed by atoms with Crippen LogP contribution in [0, 0.1) is 0 Å². The van der Waals surface area contributed by atoms with Crippen LogP contribution in [0.1, 0.15) is 59.8 Å². The molecule has 2 fully saturated rings. The molecule has 0 spiro atoms. The van der Waals surface area contributed by atoms with Gasteiger partial charge in [-0.05, 0) is 37.8 Å². The van der Waals surface area contributed by atoms with Crippen LogP contribution in [0.4, 0.5) is 0 Å². The minimum Gasteiger partial charge on any atom is -0.343 e. The highest BCUT2D eigenvalue weighted by molar-refractivity contribution is 6.30. The SMILES string of the molecule is O=C(NCc1nnc(C2CC2)n1C1CC1)c1ccc(Cl)cn1.